The molecule has 1 fully saturated rings. The molecule has 0 bridgehead atoms. The molecular weight excluding hydrogens is 292 g/mol. The van der Waals surface area contributed by atoms with Gasteiger partial charge in [0.15, 0.2) is 0 Å². The van der Waals surface area contributed by atoms with Crippen molar-refractivity contribution >= 4 is 11.9 Å². The number of aliphatic carboxylic acids is 1. The third kappa shape index (κ3) is 4.68. The number of carboxylic acid groups (broad SMARTS) is 1. The summed E-state index contributed by atoms with van der Waals surface area (Å²) in [7, 11) is 0. The lowest BCUT2D eigenvalue weighted by Gasteiger charge is -2.26. The van der Waals surface area contributed by atoms with Crippen molar-refractivity contribution < 1.29 is 19.4 Å². The Labute approximate surface area is 137 Å². The number of rotatable bonds is 8. The maximum Gasteiger partial charge on any atom is 0.310 e. The normalized spacial score (nSPS) is 17.4. The van der Waals surface area contributed by atoms with Crippen molar-refractivity contribution in [3.05, 3.63) is 48.6 Å². The summed E-state index contributed by atoms with van der Waals surface area (Å²) in [4.78, 5) is 24.2. The van der Waals surface area contributed by atoms with E-state index in [0.29, 0.717) is 0 Å². The second-order valence-electron chi connectivity index (χ2n) is 6.13. The van der Waals surface area contributed by atoms with E-state index in [-0.39, 0.29) is 18.9 Å². The first kappa shape index (κ1) is 17.3. The minimum Gasteiger partial charge on any atom is -0.481 e. The Bertz CT molecular complexity index is 532. The van der Waals surface area contributed by atoms with Gasteiger partial charge in [-0.1, -0.05) is 49.2 Å². The van der Waals surface area contributed by atoms with Crippen LogP contribution in [-0.2, 0) is 20.9 Å². The van der Waals surface area contributed by atoms with Gasteiger partial charge in [0, 0.05) is 0 Å². The van der Waals surface area contributed by atoms with E-state index in [1.165, 1.54) is 0 Å². The summed E-state index contributed by atoms with van der Waals surface area (Å²) in [6.07, 6.45) is 5.75. The van der Waals surface area contributed by atoms with E-state index in [9.17, 15) is 14.7 Å². The van der Waals surface area contributed by atoms with E-state index in [1.54, 1.807) is 6.08 Å². The van der Waals surface area contributed by atoms with Crippen molar-refractivity contribution in [2.24, 2.45) is 17.8 Å². The zero-order valence-electron chi connectivity index (χ0n) is 13.3. The zero-order chi connectivity index (χ0) is 16.7. The van der Waals surface area contributed by atoms with Gasteiger partial charge in [-0.2, -0.15) is 0 Å². The first-order valence-electron chi connectivity index (χ1n) is 8.17. The standard InChI is InChI=1S/C19H24O4/c1-2-8-16(18(20)21)17(15-11-6-7-12-15)19(22)23-13-14-9-4-3-5-10-14/h2-5,9-10,15-17H,1,6-8,11-13H2,(H,20,21)/t16-,17+/m1/s1. The fraction of sp³-hybridized carbons (Fsp3) is 0.474. The highest BCUT2D eigenvalue weighted by atomic mass is 16.5. The Morgan fingerprint density at radius 1 is 1.26 bits per heavy atom. The van der Waals surface area contributed by atoms with Crippen LogP contribution in [0.25, 0.3) is 0 Å². The van der Waals surface area contributed by atoms with Gasteiger partial charge < -0.3 is 9.84 Å². The first-order valence-corrected chi connectivity index (χ1v) is 8.17. The van der Waals surface area contributed by atoms with Gasteiger partial charge in [0.05, 0.1) is 11.8 Å². The number of carbonyl (C=O) groups is 2. The Morgan fingerprint density at radius 2 is 1.91 bits per heavy atom. The fourth-order valence-corrected chi connectivity index (χ4v) is 3.41. The summed E-state index contributed by atoms with van der Waals surface area (Å²) in [6.45, 7) is 3.81. The number of hydrogen-bond donors (Lipinski definition) is 1. The lowest BCUT2D eigenvalue weighted by Crippen LogP contribution is -2.35. The molecule has 1 saturated carbocycles. The van der Waals surface area contributed by atoms with Crippen molar-refractivity contribution in [1.82, 2.24) is 0 Å². The summed E-state index contributed by atoms with van der Waals surface area (Å²) in [5, 5.41) is 9.51. The third-order valence-corrected chi connectivity index (χ3v) is 4.58. The van der Waals surface area contributed by atoms with E-state index in [2.05, 4.69) is 6.58 Å². The van der Waals surface area contributed by atoms with Crippen LogP contribution in [0, 0.1) is 17.8 Å². The molecule has 0 radical (unpaired) electrons. The number of hydrogen-bond acceptors (Lipinski definition) is 3. The number of ether oxygens (including phenoxy) is 1. The predicted molar refractivity (Wildman–Crippen MR) is 87.6 cm³/mol. The summed E-state index contributed by atoms with van der Waals surface area (Å²) in [6, 6.07) is 9.44. The lowest BCUT2D eigenvalue weighted by molar-refractivity contribution is -0.161. The maximum atomic E-state index is 12.6. The largest absolute Gasteiger partial charge is 0.481 e. The smallest absolute Gasteiger partial charge is 0.310 e. The Morgan fingerprint density at radius 3 is 2.48 bits per heavy atom. The van der Waals surface area contributed by atoms with Gasteiger partial charge in [-0.05, 0) is 30.7 Å². The topological polar surface area (TPSA) is 63.6 Å². The summed E-state index contributed by atoms with van der Waals surface area (Å²) >= 11 is 0. The Kier molecular flexibility index (Phi) is 6.39. The molecule has 4 nitrogen and oxygen atoms in total. The number of carboxylic acids is 1. The predicted octanol–water partition coefficient (Wildman–Crippen LogP) is 3.81. The molecule has 1 aliphatic carbocycles. The SMILES string of the molecule is C=CC[C@@H](C(=O)O)[C@@H](C(=O)OCc1ccccc1)C1CCCC1. The highest BCUT2D eigenvalue weighted by molar-refractivity contribution is 5.81. The molecule has 0 aromatic heterocycles. The van der Waals surface area contributed by atoms with E-state index in [4.69, 9.17) is 4.74 Å². The van der Waals surface area contributed by atoms with Crippen LogP contribution < -0.4 is 0 Å². The van der Waals surface area contributed by atoms with Gasteiger partial charge in [0.25, 0.3) is 0 Å². The number of carbonyl (C=O) groups excluding carboxylic acids is 1. The van der Waals surface area contributed by atoms with Crippen LogP contribution in [0.15, 0.2) is 43.0 Å². The van der Waals surface area contributed by atoms with Gasteiger partial charge >= 0.3 is 11.9 Å². The average Bonchev–Trinajstić information content (AvgIpc) is 3.07. The molecule has 0 heterocycles. The molecule has 0 unspecified atom stereocenters. The van der Waals surface area contributed by atoms with E-state index < -0.39 is 23.8 Å². The molecule has 1 aromatic rings. The number of esters is 1. The molecular formula is C19H24O4. The lowest BCUT2D eigenvalue weighted by atomic mass is 9.79. The molecule has 4 heteroatoms. The van der Waals surface area contributed by atoms with Crippen LogP contribution in [0.2, 0.25) is 0 Å². The van der Waals surface area contributed by atoms with Crippen molar-refractivity contribution in [3.63, 3.8) is 0 Å². The van der Waals surface area contributed by atoms with Crippen molar-refractivity contribution in [2.75, 3.05) is 0 Å². The van der Waals surface area contributed by atoms with Crippen LogP contribution in [0.1, 0.15) is 37.7 Å². The van der Waals surface area contributed by atoms with Gasteiger partial charge in [-0.25, -0.2) is 0 Å². The summed E-state index contributed by atoms with van der Waals surface area (Å²) in [5.74, 6) is -2.58. The van der Waals surface area contributed by atoms with Gasteiger partial charge in [-0.3, -0.25) is 9.59 Å². The Balaban J connectivity index is 2.09. The average molecular weight is 316 g/mol. The molecule has 2 rings (SSSR count). The molecule has 1 aromatic carbocycles. The van der Waals surface area contributed by atoms with Crippen molar-refractivity contribution in [3.8, 4) is 0 Å². The minimum absolute atomic E-state index is 0.0966. The van der Waals surface area contributed by atoms with Gasteiger partial charge in [0.2, 0.25) is 0 Å². The summed E-state index contributed by atoms with van der Waals surface area (Å²) in [5.41, 5.74) is 0.904. The molecule has 0 amide bonds. The van der Waals surface area contributed by atoms with E-state index in [1.807, 2.05) is 30.3 Å². The van der Waals surface area contributed by atoms with Gasteiger partial charge in [0.1, 0.15) is 6.61 Å². The summed E-state index contributed by atoms with van der Waals surface area (Å²) < 4.78 is 5.44. The molecule has 124 valence electrons. The van der Waals surface area contributed by atoms with Crippen molar-refractivity contribution in [2.45, 2.75) is 38.7 Å². The second-order valence-corrected chi connectivity index (χ2v) is 6.13. The highest BCUT2D eigenvalue weighted by Gasteiger charge is 2.40. The molecule has 0 saturated heterocycles. The highest BCUT2D eigenvalue weighted by Crippen LogP contribution is 2.37. The van der Waals surface area contributed by atoms with E-state index in [0.717, 1.165) is 31.2 Å². The van der Waals surface area contributed by atoms with Crippen LogP contribution in [0.5, 0.6) is 0 Å². The molecule has 1 aliphatic rings. The third-order valence-electron chi connectivity index (χ3n) is 4.58. The van der Waals surface area contributed by atoms with Crippen molar-refractivity contribution in [1.29, 1.82) is 0 Å². The molecule has 0 spiro atoms. The number of benzene rings is 1. The first-order chi connectivity index (χ1) is 11.1. The maximum absolute atomic E-state index is 12.6. The minimum atomic E-state index is -0.946. The second kappa shape index (κ2) is 8.51. The molecule has 2 atom stereocenters. The van der Waals surface area contributed by atoms with Crippen LogP contribution in [0.3, 0.4) is 0 Å². The van der Waals surface area contributed by atoms with Crippen LogP contribution in [0.4, 0.5) is 0 Å². The monoisotopic (exact) mass is 316 g/mol. The molecule has 0 aliphatic heterocycles. The molecule has 23 heavy (non-hydrogen) atoms. The van der Waals surface area contributed by atoms with Gasteiger partial charge in [-0.15, -0.1) is 6.58 Å². The zero-order valence-corrected chi connectivity index (χ0v) is 13.3. The quantitative estimate of drug-likeness (QED) is 0.585. The Hall–Kier alpha value is -2.10. The van der Waals surface area contributed by atoms with Crippen LogP contribution >= 0.6 is 0 Å². The number of allylic oxidation sites excluding steroid dienone is 1. The molecule has 1 N–H and O–H groups in total. The van der Waals surface area contributed by atoms with E-state index >= 15 is 0 Å². The van der Waals surface area contributed by atoms with Crippen LogP contribution in [-0.4, -0.2) is 17.0 Å². The fourth-order valence-electron chi connectivity index (χ4n) is 3.41.